The van der Waals surface area contributed by atoms with Crippen molar-refractivity contribution in [1.29, 1.82) is 0 Å². The van der Waals surface area contributed by atoms with Crippen molar-refractivity contribution in [3.05, 3.63) is 81.9 Å². The topological polar surface area (TPSA) is 91.0 Å². The number of esters is 1. The SMILES string of the molecule is O=C(/C=C/c1ccc([N+](=O)[O-])cc1)OCC1CC(c2ccccc2)=NO1. The first-order valence-electron chi connectivity index (χ1n) is 7.99. The highest BCUT2D eigenvalue weighted by molar-refractivity contribution is 6.01. The Bertz CT molecular complexity index is 844. The molecule has 2 aromatic carbocycles. The van der Waals surface area contributed by atoms with Gasteiger partial charge in [0, 0.05) is 24.6 Å². The van der Waals surface area contributed by atoms with Gasteiger partial charge in [0.05, 0.1) is 10.6 Å². The first kappa shape index (κ1) is 17.3. The fourth-order valence-corrected chi connectivity index (χ4v) is 2.41. The lowest BCUT2D eigenvalue weighted by Gasteiger charge is -2.07. The number of oxime groups is 1. The van der Waals surface area contributed by atoms with Gasteiger partial charge in [-0.15, -0.1) is 0 Å². The average Bonchev–Trinajstić information content (AvgIpc) is 3.15. The maximum atomic E-state index is 11.8. The number of nitrogens with zero attached hydrogens (tertiary/aromatic N) is 2. The van der Waals surface area contributed by atoms with Gasteiger partial charge in [0.1, 0.15) is 6.61 Å². The highest BCUT2D eigenvalue weighted by Crippen LogP contribution is 2.17. The lowest BCUT2D eigenvalue weighted by molar-refractivity contribution is -0.384. The molecule has 1 heterocycles. The van der Waals surface area contributed by atoms with Crippen LogP contribution >= 0.6 is 0 Å². The highest BCUT2D eigenvalue weighted by atomic mass is 16.7. The van der Waals surface area contributed by atoms with Gasteiger partial charge in [-0.3, -0.25) is 10.1 Å². The van der Waals surface area contributed by atoms with Gasteiger partial charge in [-0.05, 0) is 29.3 Å². The van der Waals surface area contributed by atoms with Crippen molar-refractivity contribution in [3.8, 4) is 0 Å². The van der Waals surface area contributed by atoms with Crippen LogP contribution in [0.3, 0.4) is 0 Å². The maximum absolute atomic E-state index is 11.8. The van der Waals surface area contributed by atoms with Gasteiger partial charge < -0.3 is 9.57 Å². The van der Waals surface area contributed by atoms with E-state index in [9.17, 15) is 14.9 Å². The predicted molar refractivity (Wildman–Crippen MR) is 95.6 cm³/mol. The summed E-state index contributed by atoms with van der Waals surface area (Å²) >= 11 is 0. The summed E-state index contributed by atoms with van der Waals surface area (Å²) in [5.74, 6) is -0.514. The van der Waals surface area contributed by atoms with E-state index in [4.69, 9.17) is 9.57 Å². The molecule has 1 unspecified atom stereocenters. The number of nitro benzene ring substituents is 1. The molecular formula is C19H16N2O5. The van der Waals surface area contributed by atoms with Crippen molar-refractivity contribution in [2.75, 3.05) is 6.61 Å². The fraction of sp³-hybridized carbons (Fsp3) is 0.158. The quantitative estimate of drug-likeness (QED) is 0.344. The van der Waals surface area contributed by atoms with E-state index in [0.717, 1.165) is 11.3 Å². The summed E-state index contributed by atoms with van der Waals surface area (Å²) in [7, 11) is 0. The average molecular weight is 352 g/mol. The molecule has 0 fully saturated rings. The largest absolute Gasteiger partial charge is 0.458 e. The minimum atomic E-state index is -0.514. The number of carbonyl (C=O) groups is 1. The lowest BCUT2D eigenvalue weighted by Crippen LogP contribution is -2.18. The molecule has 7 heteroatoms. The minimum Gasteiger partial charge on any atom is -0.458 e. The van der Waals surface area contributed by atoms with Gasteiger partial charge in [-0.1, -0.05) is 35.5 Å². The van der Waals surface area contributed by atoms with Gasteiger partial charge in [-0.25, -0.2) is 4.79 Å². The van der Waals surface area contributed by atoms with Crippen molar-refractivity contribution in [2.24, 2.45) is 5.16 Å². The summed E-state index contributed by atoms with van der Waals surface area (Å²) in [6.45, 7) is 0.100. The maximum Gasteiger partial charge on any atom is 0.330 e. The number of non-ortho nitro benzene ring substituents is 1. The smallest absolute Gasteiger partial charge is 0.330 e. The normalized spacial score (nSPS) is 16.2. The molecule has 0 saturated carbocycles. The van der Waals surface area contributed by atoms with Crippen molar-refractivity contribution in [3.63, 3.8) is 0 Å². The van der Waals surface area contributed by atoms with Gasteiger partial charge >= 0.3 is 5.97 Å². The molecule has 2 aromatic rings. The van der Waals surface area contributed by atoms with Gasteiger partial charge in [-0.2, -0.15) is 0 Å². The summed E-state index contributed by atoms with van der Waals surface area (Å²) in [6, 6.07) is 15.5. The molecule has 0 N–H and O–H groups in total. The van der Waals surface area contributed by atoms with E-state index in [1.807, 2.05) is 30.3 Å². The molecule has 1 aliphatic heterocycles. The predicted octanol–water partition coefficient (Wildman–Crippen LogP) is 3.34. The number of rotatable bonds is 6. The van der Waals surface area contributed by atoms with Crippen LogP contribution in [0.25, 0.3) is 6.08 Å². The fourth-order valence-electron chi connectivity index (χ4n) is 2.41. The van der Waals surface area contributed by atoms with Crippen LogP contribution in [-0.4, -0.2) is 29.3 Å². The Morgan fingerprint density at radius 3 is 2.65 bits per heavy atom. The second-order valence-corrected chi connectivity index (χ2v) is 5.65. The molecule has 0 spiro atoms. The van der Waals surface area contributed by atoms with Crippen molar-refractivity contribution in [2.45, 2.75) is 12.5 Å². The number of nitro groups is 1. The molecule has 1 atom stereocenters. The zero-order valence-electron chi connectivity index (χ0n) is 13.8. The molecule has 1 aliphatic rings. The van der Waals surface area contributed by atoms with E-state index in [2.05, 4.69) is 5.16 Å². The van der Waals surface area contributed by atoms with Crippen LogP contribution in [0.2, 0.25) is 0 Å². The molecule has 132 valence electrons. The molecule has 3 rings (SSSR count). The molecule has 0 amide bonds. The zero-order valence-corrected chi connectivity index (χ0v) is 13.8. The second kappa shape index (κ2) is 8.06. The van der Waals surface area contributed by atoms with Gasteiger partial charge in [0.15, 0.2) is 6.10 Å². The third-order valence-electron chi connectivity index (χ3n) is 3.77. The lowest BCUT2D eigenvalue weighted by atomic mass is 10.1. The molecule has 26 heavy (non-hydrogen) atoms. The van der Waals surface area contributed by atoms with Crippen LogP contribution < -0.4 is 0 Å². The van der Waals surface area contributed by atoms with Crippen LogP contribution in [0.15, 0.2) is 65.8 Å². The standard InChI is InChI=1S/C19H16N2O5/c22-19(11-8-14-6-9-16(10-7-14)21(23)24)25-13-17-12-18(20-26-17)15-4-2-1-3-5-15/h1-11,17H,12-13H2/b11-8+. The van der Waals surface area contributed by atoms with E-state index < -0.39 is 10.9 Å². The van der Waals surface area contributed by atoms with E-state index >= 15 is 0 Å². The Hall–Kier alpha value is -3.48. The Kier molecular flexibility index (Phi) is 5.38. The van der Waals surface area contributed by atoms with Crippen LogP contribution in [0.1, 0.15) is 17.5 Å². The Morgan fingerprint density at radius 2 is 1.96 bits per heavy atom. The van der Waals surface area contributed by atoms with E-state index in [-0.39, 0.29) is 18.4 Å². The Labute approximate surface area is 149 Å². The third kappa shape index (κ3) is 4.54. The molecule has 0 aliphatic carbocycles. The third-order valence-corrected chi connectivity index (χ3v) is 3.77. The van der Waals surface area contributed by atoms with E-state index in [1.165, 1.54) is 24.3 Å². The van der Waals surface area contributed by atoms with Crippen LogP contribution in [-0.2, 0) is 14.4 Å². The summed E-state index contributed by atoms with van der Waals surface area (Å²) < 4.78 is 5.16. The van der Waals surface area contributed by atoms with Crippen LogP contribution in [0.4, 0.5) is 5.69 Å². The van der Waals surface area contributed by atoms with Crippen LogP contribution in [0, 0.1) is 10.1 Å². The molecule has 0 aromatic heterocycles. The van der Waals surface area contributed by atoms with Crippen molar-refractivity contribution < 1.29 is 19.3 Å². The summed E-state index contributed by atoms with van der Waals surface area (Å²) in [6.07, 6.45) is 3.08. The summed E-state index contributed by atoms with van der Waals surface area (Å²) in [5, 5.41) is 14.6. The molecular weight excluding hydrogens is 336 g/mol. The number of ether oxygens (including phenoxy) is 1. The first-order valence-corrected chi connectivity index (χ1v) is 7.99. The monoisotopic (exact) mass is 352 g/mol. The molecule has 0 bridgehead atoms. The summed E-state index contributed by atoms with van der Waals surface area (Å²) in [4.78, 5) is 27.2. The highest BCUT2D eigenvalue weighted by Gasteiger charge is 2.23. The number of hydrogen-bond acceptors (Lipinski definition) is 6. The van der Waals surface area contributed by atoms with Gasteiger partial charge in [0.25, 0.3) is 5.69 Å². The van der Waals surface area contributed by atoms with E-state index in [1.54, 1.807) is 12.1 Å². The number of benzene rings is 2. The Morgan fingerprint density at radius 1 is 1.23 bits per heavy atom. The number of carbonyl (C=O) groups excluding carboxylic acids is 1. The van der Waals surface area contributed by atoms with Crippen LogP contribution in [0.5, 0.6) is 0 Å². The van der Waals surface area contributed by atoms with Crippen molar-refractivity contribution >= 4 is 23.4 Å². The van der Waals surface area contributed by atoms with E-state index in [0.29, 0.717) is 12.0 Å². The zero-order chi connectivity index (χ0) is 18.4. The summed E-state index contributed by atoms with van der Waals surface area (Å²) in [5.41, 5.74) is 2.48. The molecule has 7 nitrogen and oxygen atoms in total. The Balaban J connectivity index is 1.45. The number of hydrogen-bond donors (Lipinski definition) is 0. The van der Waals surface area contributed by atoms with Crippen molar-refractivity contribution in [1.82, 2.24) is 0 Å². The molecule has 0 saturated heterocycles. The van der Waals surface area contributed by atoms with Gasteiger partial charge in [0.2, 0.25) is 0 Å². The first-order chi connectivity index (χ1) is 12.6. The minimum absolute atomic E-state index is 0.00247. The molecule has 0 radical (unpaired) electrons. The second-order valence-electron chi connectivity index (χ2n) is 5.65.